The molecule has 0 aliphatic carbocycles. The lowest BCUT2D eigenvalue weighted by Crippen LogP contribution is -2.23. The Morgan fingerprint density at radius 2 is 1.77 bits per heavy atom. The molecule has 0 bridgehead atoms. The Morgan fingerprint density at radius 1 is 1.15 bits per heavy atom. The number of carboxylic acid groups (broad SMARTS) is 1. The van der Waals surface area contributed by atoms with Gasteiger partial charge in [0.25, 0.3) is 0 Å². The molecule has 0 unspecified atom stereocenters. The molecule has 1 heterocycles. The SMILES string of the molecule is CCCC(=O)OC(C)(C)C.CCc1ccc(-c2nc(C(=O)O)cs2)cc1. The van der Waals surface area contributed by atoms with Crippen molar-refractivity contribution in [3.05, 3.63) is 40.9 Å². The van der Waals surface area contributed by atoms with Crippen LogP contribution in [0, 0.1) is 0 Å². The number of carbonyl (C=O) groups is 2. The fourth-order valence-electron chi connectivity index (χ4n) is 1.98. The highest BCUT2D eigenvalue weighted by Gasteiger charge is 2.14. The van der Waals surface area contributed by atoms with Crippen LogP contribution in [0.1, 0.15) is 63.5 Å². The van der Waals surface area contributed by atoms with Gasteiger partial charge in [-0.2, -0.15) is 0 Å². The van der Waals surface area contributed by atoms with Crippen LogP contribution in [0.3, 0.4) is 0 Å². The third-order valence-electron chi connectivity index (χ3n) is 3.21. The van der Waals surface area contributed by atoms with Crippen molar-refractivity contribution in [2.24, 2.45) is 0 Å². The normalized spacial score (nSPS) is 10.7. The van der Waals surface area contributed by atoms with Crippen LogP contribution in [0.4, 0.5) is 0 Å². The fourth-order valence-corrected chi connectivity index (χ4v) is 2.78. The molecule has 0 spiro atoms. The molecule has 0 aliphatic rings. The van der Waals surface area contributed by atoms with Crippen LogP contribution in [0.5, 0.6) is 0 Å². The van der Waals surface area contributed by atoms with Gasteiger partial charge in [-0.05, 0) is 39.2 Å². The predicted molar refractivity (Wildman–Crippen MR) is 105 cm³/mol. The van der Waals surface area contributed by atoms with E-state index < -0.39 is 5.97 Å². The van der Waals surface area contributed by atoms with Gasteiger partial charge in [-0.3, -0.25) is 4.79 Å². The number of esters is 1. The van der Waals surface area contributed by atoms with Crippen LogP contribution in [0.25, 0.3) is 10.6 Å². The first-order valence-corrected chi connectivity index (χ1v) is 9.54. The smallest absolute Gasteiger partial charge is 0.355 e. The van der Waals surface area contributed by atoms with E-state index >= 15 is 0 Å². The zero-order chi connectivity index (χ0) is 19.7. The van der Waals surface area contributed by atoms with E-state index in [4.69, 9.17) is 9.84 Å². The number of thiazole rings is 1. The maximum Gasteiger partial charge on any atom is 0.355 e. The van der Waals surface area contributed by atoms with Gasteiger partial charge >= 0.3 is 11.9 Å². The molecular weight excluding hydrogens is 350 g/mol. The van der Waals surface area contributed by atoms with Crippen molar-refractivity contribution in [2.75, 3.05) is 0 Å². The first kappa shape index (κ1) is 21.8. The molecule has 0 radical (unpaired) electrons. The van der Waals surface area contributed by atoms with Gasteiger partial charge in [0.15, 0.2) is 5.69 Å². The van der Waals surface area contributed by atoms with Gasteiger partial charge < -0.3 is 9.84 Å². The highest BCUT2D eigenvalue weighted by atomic mass is 32.1. The molecule has 2 rings (SSSR count). The largest absolute Gasteiger partial charge is 0.476 e. The molecule has 1 aromatic heterocycles. The summed E-state index contributed by atoms with van der Waals surface area (Å²) in [6, 6.07) is 8.03. The number of rotatable bonds is 5. The van der Waals surface area contributed by atoms with Crippen molar-refractivity contribution in [1.29, 1.82) is 0 Å². The molecule has 142 valence electrons. The maximum atomic E-state index is 10.8. The molecule has 1 aromatic carbocycles. The number of nitrogens with zero attached hydrogens (tertiary/aromatic N) is 1. The van der Waals surface area contributed by atoms with Crippen molar-refractivity contribution < 1.29 is 19.4 Å². The third kappa shape index (κ3) is 7.78. The zero-order valence-electron chi connectivity index (χ0n) is 16.0. The number of aromatic carboxylic acids is 1. The first-order valence-electron chi connectivity index (χ1n) is 8.66. The summed E-state index contributed by atoms with van der Waals surface area (Å²) in [5, 5.41) is 11.1. The Labute approximate surface area is 159 Å². The minimum absolute atomic E-state index is 0.102. The van der Waals surface area contributed by atoms with Gasteiger partial charge in [-0.15, -0.1) is 11.3 Å². The second-order valence-corrected chi connectivity index (χ2v) is 7.59. The minimum atomic E-state index is -0.979. The number of hydrogen-bond acceptors (Lipinski definition) is 5. The summed E-state index contributed by atoms with van der Waals surface area (Å²) in [6.45, 7) is 9.69. The Morgan fingerprint density at radius 3 is 2.19 bits per heavy atom. The van der Waals surface area contributed by atoms with Gasteiger partial charge in [0, 0.05) is 17.4 Å². The maximum absolute atomic E-state index is 10.8. The number of benzene rings is 1. The molecule has 5 nitrogen and oxygen atoms in total. The molecule has 0 saturated carbocycles. The topological polar surface area (TPSA) is 76.5 Å². The number of aryl methyl sites for hydroxylation is 1. The molecule has 0 atom stereocenters. The Kier molecular flexibility index (Phi) is 8.45. The second-order valence-electron chi connectivity index (χ2n) is 6.73. The molecule has 6 heteroatoms. The summed E-state index contributed by atoms with van der Waals surface area (Å²) in [7, 11) is 0. The predicted octanol–water partition coefficient (Wildman–Crippen LogP) is 5.20. The zero-order valence-corrected chi connectivity index (χ0v) is 16.9. The summed E-state index contributed by atoms with van der Waals surface area (Å²) in [4.78, 5) is 25.6. The molecule has 0 amide bonds. The van der Waals surface area contributed by atoms with Crippen LogP contribution < -0.4 is 0 Å². The molecule has 0 aliphatic heterocycles. The van der Waals surface area contributed by atoms with Crippen molar-refractivity contribution in [1.82, 2.24) is 4.98 Å². The molecule has 1 N–H and O–H groups in total. The van der Waals surface area contributed by atoms with Crippen LogP contribution in [0.2, 0.25) is 0 Å². The number of carbonyl (C=O) groups excluding carboxylic acids is 1. The highest BCUT2D eigenvalue weighted by Crippen LogP contribution is 2.24. The van der Waals surface area contributed by atoms with Crippen LogP contribution in [0.15, 0.2) is 29.6 Å². The lowest BCUT2D eigenvalue weighted by atomic mass is 10.1. The van der Waals surface area contributed by atoms with E-state index in [-0.39, 0.29) is 17.3 Å². The fraction of sp³-hybridized carbons (Fsp3) is 0.450. The van der Waals surface area contributed by atoms with Gasteiger partial charge in [0.05, 0.1) is 0 Å². The van der Waals surface area contributed by atoms with E-state index in [9.17, 15) is 9.59 Å². The molecular formula is C20H27NO4S. The van der Waals surface area contributed by atoms with Gasteiger partial charge in [-0.1, -0.05) is 38.1 Å². The number of aromatic nitrogens is 1. The number of ether oxygens (including phenoxy) is 1. The first-order chi connectivity index (χ1) is 12.2. The molecule has 0 fully saturated rings. The molecule has 2 aromatic rings. The summed E-state index contributed by atoms with van der Waals surface area (Å²) < 4.78 is 5.04. The average Bonchev–Trinajstić information content (AvgIpc) is 3.04. The van der Waals surface area contributed by atoms with E-state index in [0.29, 0.717) is 6.42 Å². The Balaban J connectivity index is 0.000000294. The quantitative estimate of drug-likeness (QED) is 0.725. The molecule has 26 heavy (non-hydrogen) atoms. The van der Waals surface area contributed by atoms with E-state index in [1.54, 1.807) is 5.38 Å². The van der Waals surface area contributed by atoms with Crippen molar-refractivity contribution >= 4 is 23.3 Å². The van der Waals surface area contributed by atoms with Crippen LogP contribution in [-0.4, -0.2) is 27.6 Å². The van der Waals surface area contributed by atoms with Gasteiger partial charge in [0.1, 0.15) is 10.6 Å². The Hall–Kier alpha value is -2.21. The van der Waals surface area contributed by atoms with Gasteiger partial charge in [0.2, 0.25) is 0 Å². The van der Waals surface area contributed by atoms with Crippen LogP contribution in [-0.2, 0) is 16.0 Å². The average molecular weight is 378 g/mol. The third-order valence-corrected chi connectivity index (χ3v) is 4.10. The molecule has 0 saturated heterocycles. The number of hydrogen-bond donors (Lipinski definition) is 1. The van der Waals surface area contributed by atoms with E-state index in [1.807, 2.05) is 52.0 Å². The second kappa shape index (κ2) is 10.1. The lowest BCUT2D eigenvalue weighted by Gasteiger charge is -2.18. The Bertz CT molecular complexity index is 714. The van der Waals surface area contributed by atoms with E-state index in [1.165, 1.54) is 16.9 Å². The van der Waals surface area contributed by atoms with Crippen molar-refractivity contribution in [2.45, 2.75) is 59.5 Å². The highest BCUT2D eigenvalue weighted by molar-refractivity contribution is 7.13. The summed E-state index contributed by atoms with van der Waals surface area (Å²) in [5.74, 6) is -1.08. The van der Waals surface area contributed by atoms with Crippen LogP contribution >= 0.6 is 11.3 Å². The monoisotopic (exact) mass is 377 g/mol. The number of carboxylic acids is 1. The summed E-state index contributed by atoms with van der Waals surface area (Å²) >= 11 is 1.35. The summed E-state index contributed by atoms with van der Waals surface area (Å²) in [6.07, 6.45) is 2.38. The summed E-state index contributed by atoms with van der Waals surface area (Å²) in [5.41, 5.74) is 2.01. The van der Waals surface area contributed by atoms with E-state index in [2.05, 4.69) is 11.9 Å². The lowest BCUT2D eigenvalue weighted by molar-refractivity contribution is -0.154. The van der Waals surface area contributed by atoms with Gasteiger partial charge in [-0.25, -0.2) is 9.78 Å². The van der Waals surface area contributed by atoms with Crippen molar-refractivity contribution in [3.8, 4) is 10.6 Å². The standard InChI is InChI=1S/C12H11NO2S.C8H16O2/c1-2-8-3-5-9(6-4-8)11-13-10(7-16-11)12(14)15;1-5-6-7(9)10-8(2,3)4/h3-7H,2H2,1H3,(H,14,15);5-6H2,1-4H3. The van der Waals surface area contributed by atoms with Crippen molar-refractivity contribution in [3.63, 3.8) is 0 Å². The van der Waals surface area contributed by atoms with E-state index in [0.717, 1.165) is 23.4 Å². The minimum Gasteiger partial charge on any atom is -0.476 e.